The summed E-state index contributed by atoms with van der Waals surface area (Å²) < 4.78 is 0. The highest BCUT2D eigenvalue weighted by molar-refractivity contribution is 5.86. The molecule has 1 atom stereocenters. The zero-order chi connectivity index (χ0) is 17.3. The van der Waals surface area contributed by atoms with Crippen molar-refractivity contribution < 1.29 is 9.90 Å². The van der Waals surface area contributed by atoms with E-state index in [1.165, 1.54) is 45.1 Å². The Hall–Kier alpha value is -0.650. The van der Waals surface area contributed by atoms with Gasteiger partial charge in [-0.2, -0.15) is 0 Å². The Morgan fingerprint density at radius 3 is 2.16 bits per heavy atom. The molecule has 1 N–H and O–H groups in total. The summed E-state index contributed by atoms with van der Waals surface area (Å²) in [6.45, 7) is 7.66. The molecule has 2 saturated carbocycles. The molecule has 1 amide bonds. The maximum absolute atomic E-state index is 12.8. The van der Waals surface area contributed by atoms with Gasteiger partial charge in [-0.1, -0.05) is 12.8 Å². The van der Waals surface area contributed by atoms with Gasteiger partial charge >= 0.3 is 0 Å². The average molecular weight is 350 g/mol. The van der Waals surface area contributed by atoms with Gasteiger partial charge in [0.15, 0.2) is 5.60 Å². The highest BCUT2D eigenvalue weighted by Crippen LogP contribution is 2.33. The summed E-state index contributed by atoms with van der Waals surface area (Å²) in [6, 6.07) is 0. The quantitative estimate of drug-likeness (QED) is 0.790. The van der Waals surface area contributed by atoms with Crippen LogP contribution in [0.4, 0.5) is 0 Å². The Morgan fingerprint density at radius 2 is 1.48 bits per heavy atom. The van der Waals surface area contributed by atoms with Gasteiger partial charge in [0.2, 0.25) is 0 Å². The molecule has 0 radical (unpaired) electrons. The third-order valence-corrected chi connectivity index (χ3v) is 6.82. The van der Waals surface area contributed by atoms with E-state index in [0.29, 0.717) is 18.9 Å². The van der Waals surface area contributed by atoms with Crippen molar-refractivity contribution >= 4 is 5.91 Å². The van der Waals surface area contributed by atoms with Crippen LogP contribution in [0.5, 0.6) is 0 Å². The molecule has 0 aromatic rings. The van der Waals surface area contributed by atoms with Crippen LogP contribution < -0.4 is 0 Å². The summed E-state index contributed by atoms with van der Waals surface area (Å²) in [4.78, 5) is 19.7. The van der Waals surface area contributed by atoms with Crippen molar-refractivity contribution in [1.82, 2.24) is 14.7 Å². The van der Waals surface area contributed by atoms with Crippen molar-refractivity contribution in [1.29, 1.82) is 0 Å². The highest BCUT2D eigenvalue weighted by atomic mass is 16.3. The minimum Gasteiger partial charge on any atom is -0.379 e. The number of carbonyl (C=O) groups is 1. The number of β-amino-alcohol motifs (C(OH)–C–C–N with tert-alkyl or cyclic N) is 1. The molecule has 142 valence electrons. The lowest BCUT2D eigenvalue weighted by atomic mass is 9.90. The van der Waals surface area contributed by atoms with E-state index in [-0.39, 0.29) is 5.91 Å². The van der Waals surface area contributed by atoms with Crippen molar-refractivity contribution in [3.05, 3.63) is 0 Å². The Labute approximate surface area is 152 Å². The molecular formula is C20H35N3O2. The molecule has 0 aromatic heterocycles. The standard InChI is InChI=1S/C20H35N3O2/c24-19-20(25,8-3-9-23(19)15-18-6-7-18)16-22-12-10-21(11-13-22)14-17-4-1-2-5-17/h17-18,25H,1-16H2. The van der Waals surface area contributed by atoms with Gasteiger partial charge in [0.25, 0.3) is 5.91 Å². The molecule has 1 unspecified atom stereocenters. The number of likely N-dealkylation sites (tertiary alicyclic amines) is 1. The number of aliphatic hydroxyl groups is 1. The fourth-order valence-corrected chi connectivity index (χ4v) is 5.06. The largest absolute Gasteiger partial charge is 0.379 e. The first-order chi connectivity index (χ1) is 12.1. The van der Waals surface area contributed by atoms with Gasteiger partial charge in [-0.3, -0.25) is 9.69 Å². The van der Waals surface area contributed by atoms with E-state index in [9.17, 15) is 9.90 Å². The number of carbonyl (C=O) groups excluding carboxylic acids is 1. The van der Waals surface area contributed by atoms with E-state index in [1.54, 1.807) is 0 Å². The maximum atomic E-state index is 12.8. The highest BCUT2D eigenvalue weighted by Gasteiger charge is 2.44. The second-order valence-corrected chi connectivity index (χ2v) is 9.06. The summed E-state index contributed by atoms with van der Waals surface area (Å²) in [7, 11) is 0. The zero-order valence-electron chi connectivity index (χ0n) is 15.7. The molecule has 25 heavy (non-hydrogen) atoms. The van der Waals surface area contributed by atoms with Crippen LogP contribution in [0, 0.1) is 11.8 Å². The molecular weight excluding hydrogens is 314 g/mol. The first-order valence-electron chi connectivity index (χ1n) is 10.6. The molecule has 2 saturated heterocycles. The normalized spacial score (nSPS) is 33.3. The Morgan fingerprint density at radius 1 is 0.840 bits per heavy atom. The molecule has 0 aromatic carbocycles. The lowest BCUT2D eigenvalue weighted by Gasteiger charge is -2.43. The van der Waals surface area contributed by atoms with Gasteiger partial charge in [0, 0.05) is 52.4 Å². The molecule has 2 aliphatic carbocycles. The number of amides is 1. The minimum atomic E-state index is -1.14. The summed E-state index contributed by atoms with van der Waals surface area (Å²) >= 11 is 0. The zero-order valence-corrected chi connectivity index (χ0v) is 15.7. The maximum Gasteiger partial charge on any atom is 0.255 e. The van der Waals surface area contributed by atoms with Gasteiger partial charge in [-0.25, -0.2) is 0 Å². The summed E-state index contributed by atoms with van der Waals surface area (Å²) in [5, 5.41) is 11.0. The average Bonchev–Trinajstić information content (AvgIpc) is 3.27. The number of hydrogen-bond donors (Lipinski definition) is 1. The van der Waals surface area contributed by atoms with Crippen molar-refractivity contribution in [2.75, 3.05) is 52.4 Å². The van der Waals surface area contributed by atoms with Crippen LogP contribution in [0.3, 0.4) is 0 Å². The third-order valence-electron chi connectivity index (χ3n) is 6.82. The molecule has 5 nitrogen and oxygen atoms in total. The molecule has 2 aliphatic heterocycles. The Bertz CT molecular complexity index is 468. The number of hydrogen-bond acceptors (Lipinski definition) is 4. The summed E-state index contributed by atoms with van der Waals surface area (Å²) in [5.74, 6) is 1.61. The van der Waals surface area contributed by atoms with E-state index in [4.69, 9.17) is 0 Å². The van der Waals surface area contributed by atoms with E-state index in [2.05, 4.69) is 9.80 Å². The van der Waals surface area contributed by atoms with E-state index >= 15 is 0 Å². The van der Waals surface area contributed by atoms with Gasteiger partial charge in [-0.05, 0) is 50.4 Å². The molecule has 4 aliphatic rings. The second kappa shape index (κ2) is 7.53. The molecule has 4 rings (SSSR count). The van der Waals surface area contributed by atoms with Gasteiger partial charge in [0.1, 0.15) is 0 Å². The lowest BCUT2D eigenvalue weighted by molar-refractivity contribution is -0.160. The number of piperidine rings is 1. The predicted octanol–water partition coefficient (Wildman–Crippen LogP) is 1.56. The molecule has 5 heteroatoms. The number of rotatable bonds is 6. The molecule has 2 heterocycles. The van der Waals surface area contributed by atoms with Crippen LogP contribution in [-0.2, 0) is 4.79 Å². The van der Waals surface area contributed by atoms with Gasteiger partial charge in [-0.15, -0.1) is 0 Å². The summed E-state index contributed by atoms with van der Waals surface area (Å²) in [5.41, 5.74) is -1.14. The SMILES string of the molecule is O=C1N(CC2CC2)CCCC1(O)CN1CCN(CC2CCCC2)CC1. The fraction of sp³-hybridized carbons (Fsp3) is 0.950. The lowest BCUT2D eigenvalue weighted by Crippen LogP contribution is -2.61. The summed E-state index contributed by atoms with van der Waals surface area (Å²) in [6.07, 6.45) is 9.73. The van der Waals surface area contributed by atoms with Crippen LogP contribution in [0.1, 0.15) is 51.4 Å². The van der Waals surface area contributed by atoms with Crippen LogP contribution >= 0.6 is 0 Å². The first-order valence-corrected chi connectivity index (χ1v) is 10.6. The van der Waals surface area contributed by atoms with Gasteiger partial charge < -0.3 is 14.9 Å². The smallest absolute Gasteiger partial charge is 0.255 e. The van der Waals surface area contributed by atoms with Crippen molar-refractivity contribution in [3.63, 3.8) is 0 Å². The van der Waals surface area contributed by atoms with Crippen molar-refractivity contribution in [2.24, 2.45) is 11.8 Å². The Balaban J connectivity index is 1.25. The third kappa shape index (κ3) is 4.37. The fourth-order valence-electron chi connectivity index (χ4n) is 5.06. The van der Waals surface area contributed by atoms with Crippen LogP contribution in [0.2, 0.25) is 0 Å². The minimum absolute atomic E-state index is 0.000893. The number of nitrogens with zero attached hydrogens (tertiary/aromatic N) is 3. The van der Waals surface area contributed by atoms with Crippen LogP contribution in [-0.4, -0.2) is 83.7 Å². The van der Waals surface area contributed by atoms with Crippen LogP contribution in [0.25, 0.3) is 0 Å². The monoisotopic (exact) mass is 349 g/mol. The molecule has 0 bridgehead atoms. The van der Waals surface area contributed by atoms with E-state index in [1.807, 2.05) is 4.90 Å². The van der Waals surface area contributed by atoms with Crippen LogP contribution in [0.15, 0.2) is 0 Å². The predicted molar refractivity (Wildman–Crippen MR) is 98.3 cm³/mol. The number of piperazine rings is 1. The molecule has 4 fully saturated rings. The van der Waals surface area contributed by atoms with Crippen molar-refractivity contribution in [3.8, 4) is 0 Å². The van der Waals surface area contributed by atoms with E-state index < -0.39 is 5.60 Å². The second-order valence-electron chi connectivity index (χ2n) is 9.06. The van der Waals surface area contributed by atoms with E-state index in [0.717, 1.165) is 51.6 Å². The molecule has 0 spiro atoms. The first kappa shape index (κ1) is 17.7. The van der Waals surface area contributed by atoms with Gasteiger partial charge in [0.05, 0.1) is 0 Å². The topological polar surface area (TPSA) is 47.0 Å². The van der Waals surface area contributed by atoms with Crippen molar-refractivity contribution in [2.45, 2.75) is 57.0 Å². The Kier molecular flexibility index (Phi) is 5.35.